The normalized spacial score (nSPS) is 10.4. The van der Waals surface area contributed by atoms with Crippen molar-refractivity contribution < 1.29 is 0 Å². The maximum Gasteiger partial charge on any atom is 0.169 e. The van der Waals surface area contributed by atoms with E-state index in [1.54, 1.807) is 0 Å². The molecule has 0 saturated heterocycles. The van der Waals surface area contributed by atoms with Crippen LogP contribution in [-0.4, -0.2) is 23.3 Å². The summed E-state index contributed by atoms with van der Waals surface area (Å²) in [5.41, 5.74) is 2.39. The van der Waals surface area contributed by atoms with Crippen LogP contribution >= 0.6 is 0 Å². The van der Waals surface area contributed by atoms with E-state index in [0.717, 1.165) is 24.1 Å². The van der Waals surface area contributed by atoms with Crippen LogP contribution in [0.1, 0.15) is 43.5 Å². The summed E-state index contributed by atoms with van der Waals surface area (Å²) in [6, 6.07) is 2.65. The SMILES string of the molecule is CCC(CC)N(C)c1nnc(C)c(C)c1C#N. The third kappa shape index (κ3) is 2.55. The Morgan fingerprint density at radius 1 is 1.24 bits per heavy atom. The molecule has 1 aromatic heterocycles. The highest BCUT2D eigenvalue weighted by Gasteiger charge is 2.19. The van der Waals surface area contributed by atoms with Crippen LogP contribution in [0.15, 0.2) is 0 Å². The smallest absolute Gasteiger partial charge is 0.169 e. The Balaban J connectivity index is 3.23. The molecule has 4 nitrogen and oxygen atoms in total. The number of aryl methyl sites for hydroxylation is 1. The van der Waals surface area contributed by atoms with Crippen molar-refractivity contribution in [3.63, 3.8) is 0 Å². The number of rotatable bonds is 4. The minimum Gasteiger partial charge on any atom is -0.354 e. The van der Waals surface area contributed by atoms with Gasteiger partial charge < -0.3 is 4.90 Å². The summed E-state index contributed by atoms with van der Waals surface area (Å²) in [5, 5.41) is 17.6. The topological polar surface area (TPSA) is 52.8 Å². The Hall–Kier alpha value is -1.63. The van der Waals surface area contributed by atoms with E-state index in [4.69, 9.17) is 0 Å². The number of nitrogens with zero attached hydrogens (tertiary/aromatic N) is 4. The molecule has 17 heavy (non-hydrogen) atoms. The molecule has 0 spiro atoms. The van der Waals surface area contributed by atoms with Crippen LogP contribution < -0.4 is 4.90 Å². The largest absolute Gasteiger partial charge is 0.354 e. The summed E-state index contributed by atoms with van der Waals surface area (Å²) in [7, 11) is 1.98. The predicted molar refractivity (Wildman–Crippen MR) is 69.0 cm³/mol. The first kappa shape index (κ1) is 13.4. The zero-order valence-electron chi connectivity index (χ0n) is 11.3. The third-order valence-electron chi connectivity index (χ3n) is 3.37. The Kier molecular flexibility index (Phi) is 4.45. The molecule has 0 aliphatic carbocycles. The summed E-state index contributed by atoms with van der Waals surface area (Å²) in [6.07, 6.45) is 2.07. The number of nitriles is 1. The third-order valence-corrected chi connectivity index (χ3v) is 3.37. The molecule has 1 rings (SSSR count). The van der Waals surface area contributed by atoms with E-state index < -0.39 is 0 Å². The van der Waals surface area contributed by atoms with E-state index in [9.17, 15) is 5.26 Å². The summed E-state index contributed by atoms with van der Waals surface area (Å²) in [4.78, 5) is 2.07. The molecule has 0 aromatic carbocycles. The van der Waals surface area contributed by atoms with Gasteiger partial charge in [0.25, 0.3) is 0 Å². The van der Waals surface area contributed by atoms with Gasteiger partial charge in [0.1, 0.15) is 11.6 Å². The molecule has 0 unspecified atom stereocenters. The summed E-state index contributed by atoms with van der Waals surface area (Å²) < 4.78 is 0. The minimum absolute atomic E-state index is 0.401. The lowest BCUT2D eigenvalue weighted by Gasteiger charge is -2.28. The van der Waals surface area contributed by atoms with Gasteiger partial charge >= 0.3 is 0 Å². The van der Waals surface area contributed by atoms with Gasteiger partial charge in [-0.15, -0.1) is 5.10 Å². The van der Waals surface area contributed by atoms with Gasteiger partial charge in [-0.2, -0.15) is 10.4 Å². The summed E-state index contributed by atoms with van der Waals surface area (Å²) in [5.74, 6) is 0.698. The molecule has 0 aliphatic heterocycles. The van der Waals surface area contributed by atoms with E-state index in [1.165, 1.54) is 0 Å². The first-order valence-electron chi connectivity index (χ1n) is 6.03. The van der Waals surface area contributed by atoms with Gasteiger partial charge in [-0.3, -0.25) is 0 Å². The summed E-state index contributed by atoms with van der Waals surface area (Å²) >= 11 is 0. The van der Waals surface area contributed by atoms with Crippen molar-refractivity contribution in [1.29, 1.82) is 5.26 Å². The van der Waals surface area contributed by atoms with Crippen LogP contribution in [0.4, 0.5) is 5.82 Å². The number of hydrogen-bond donors (Lipinski definition) is 0. The Labute approximate surface area is 103 Å². The van der Waals surface area contributed by atoms with Crippen molar-refractivity contribution in [1.82, 2.24) is 10.2 Å². The minimum atomic E-state index is 0.401. The Morgan fingerprint density at radius 3 is 2.29 bits per heavy atom. The van der Waals surface area contributed by atoms with Crippen LogP contribution in [0.5, 0.6) is 0 Å². The Morgan fingerprint density at radius 2 is 1.82 bits per heavy atom. The zero-order valence-corrected chi connectivity index (χ0v) is 11.3. The molecule has 0 radical (unpaired) electrons. The predicted octanol–water partition coefficient (Wildman–Crippen LogP) is 2.59. The van der Waals surface area contributed by atoms with E-state index in [0.29, 0.717) is 17.4 Å². The molecular formula is C13H20N4. The highest BCUT2D eigenvalue weighted by atomic mass is 15.3. The molecule has 0 atom stereocenters. The quantitative estimate of drug-likeness (QED) is 0.800. The molecule has 0 amide bonds. The second-order valence-corrected chi connectivity index (χ2v) is 4.30. The van der Waals surface area contributed by atoms with Crippen molar-refractivity contribution >= 4 is 5.82 Å². The van der Waals surface area contributed by atoms with Gasteiger partial charge in [-0.1, -0.05) is 13.8 Å². The van der Waals surface area contributed by atoms with Gasteiger partial charge in [0.05, 0.1) is 5.69 Å². The molecule has 0 saturated carbocycles. The number of anilines is 1. The van der Waals surface area contributed by atoms with E-state index >= 15 is 0 Å². The maximum atomic E-state index is 9.26. The first-order chi connectivity index (χ1) is 8.06. The first-order valence-corrected chi connectivity index (χ1v) is 6.03. The highest BCUT2D eigenvalue weighted by Crippen LogP contribution is 2.23. The molecule has 0 aliphatic rings. The Bertz CT molecular complexity index is 430. The standard InChI is InChI=1S/C13H20N4/c1-6-11(7-2)17(5)13-12(8-14)9(3)10(4)15-16-13/h11H,6-7H2,1-5H3. The molecule has 92 valence electrons. The fourth-order valence-corrected chi connectivity index (χ4v) is 1.99. The van der Waals surface area contributed by atoms with Gasteiger partial charge in [-0.25, -0.2) is 0 Å². The molecule has 1 aromatic rings. The second kappa shape index (κ2) is 5.62. The average Bonchev–Trinajstić information content (AvgIpc) is 2.33. The molecule has 0 fully saturated rings. The van der Waals surface area contributed by atoms with Crippen LogP contribution in [0.2, 0.25) is 0 Å². The molecule has 0 N–H and O–H groups in total. The van der Waals surface area contributed by atoms with Crippen LogP contribution in [0, 0.1) is 25.2 Å². The lowest BCUT2D eigenvalue weighted by atomic mass is 10.1. The molecule has 0 bridgehead atoms. The lowest BCUT2D eigenvalue weighted by molar-refractivity contribution is 0.583. The van der Waals surface area contributed by atoms with Crippen molar-refractivity contribution in [3.8, 4) is 6.07 Å². The van der Waals surface area contributed by atoms with E-state index in [2.05, 4.69) is 35.0 Å². The zero-order chi connectivity index (χ0) is 13.0. The number of aromatic nitrogens is 2. The van der Waals surface area contributed by atoms with Gasteiger partial charge in [0.2, 0.25) is 0 Å². The fraction of sp³-hybridized carbons (Fsp3) is 0.615. The molecule has 1 heterocycles. The monoisotopic (exact) mass is 232 g/mol. The van der Waals surface area contributed by atoms with Crippen molar-refractivity contribution in [3.05, 3.63) is 16.8 Å². The second-order valence-electron chi connectivity index (χ2n) is 4.30. The van der Waals surface area contributed by atoms with E-state index in [1.807, 2.05) is 20.9 Å². The van der Waals surface area contributed by atoms with Crippen LogP contribution in [0.3, 0.4) is 0 Å². The molecular weight excluding hydrogens is 212 g/mol. The fourth-order valence-electron chi connectivity index (χ4n) is 1.99. The average molecular weight is 232 g/mol. The van der Waals surface area contributed by atoms with E-state index in [-0.39, 0.29) is 0 Å². The van der Waals surface area contributed by atoms with Crippen molar-refractivity contribution in [2.75, 3.05) is 11.9 Å². The van der Waals surface area contributed by atoms with Gasteiger partial charge in [-0.05, 0) is 32.3 Å². The highest BCUT2D eigenvalue weighted by molar-refractivity contribution is 5.57. The van der Waals surface area contributed by atoms with Gasteiger partial charge in [0.15, 0.2) is 5.82 Å². The van der Waals surface area contributed by atoms with Gasteiger partial charge in [0, 0.05) is 13.1 Å². The molecule has 4 heteroatoms. The van der Waals surface area contributed by atoms with Crippen molar-refractivity contribution in [2.45, 2.75) is 46.6 Å². The number of hydrogen-bond acceptors (Lipinski definition) is 4. The lowest BCUT2D eigenvalue weighted by Crippen LogP contribution is -2.32. The van der Waals surface area contributed by atoms with Crippen LogP contribution in [-0.2, 0) is 0 Å². The van der Waals surface area contributed by atoms with Crippen molar-refractivity contribution in [2.24, 2.45) is 0 Å². The maximum absolute atomic E-state index is 9.26. The summed E-state index contributed by atoms with van der Waals surface area (Å²) in [6.45, 7) is 8.09. The van der Waals surface area contributed by atoms with Crippen LogP contribution in [0.25, 0.3) is 0 Å².